The van der Waals surface area contributed by atoms with Crippen LogP contribution in [0.2, 0.25) is 5.02 Å². The van der Waals surface area contributed by atoms with Gasteiger partial charge in [-0.25, -0.2) is 4.39 Å². The highest BCUT2D eigenvalue weighted by Crippen LogP contribution is 2.21. The molecular weight excluding hydrogens is 289 g/mol. The van der Waals surface area contributed by atoms with Crippen LogP contribution in [-0.4, -0.2) is 19.7 Å². The lowest BCUT2D eigenvalue weighted by Gasteiger charge is -2.17. The molecular formula is C17H19ClFNO. The molecule has 2 rings (SSSR count). The van der Waals surface area contributed by atoms with Crippen LogP contribution in [0.15, 0.2) is 48.5 Å². The van der Waals surface area contributed by atoms with Crippen molar-refractivity contribution in [2.24, 2.45) is 0 Å². The van der Waals surface area contributed by atoms with Crippen LogP contribution in [0, 0.1) is 5.82 Å². The summed E-state index contributed by atoms with van der Waals surface area (Å²) in [5.41, 5.74) is 0.554. The van der Waals surface area contributed by atoms with Crippen molar-refractivity contribution in [1.29, 1.82) is 0 Å². The highest BCUT2D eigenvalue weighted by molar-refractivity contribution is 6.31. The van der Waals surface area contributed by atoms with Gasteiger partial charge >= 0.3 is 0 Å². The number of nitrogens with one attached hydrogen (secondary N) is 1. The number of rotatable bonds is 7. The van der Waals surface area contributed by atoms with E-state index in [0.717, 1.165) is 12.2 Å². The average molecular weight is 308 g/mol. The standard InChI is InChI=1S/C17H19ClFNO/c1-20-13(10-11-21-14-6-3-2-4-7-14)12-15-16(18)8-5-9-17(15)19/h2-9,13,20H,10-12H2,1H3. The maximum Gasteiger partial charge on any atom is 0.127 e. The van der Waals surface area contributed by atoms with Crippen LogP contribution in [0.4, 0.5) is 4.39 Å². The normalized spacial score (nSPS) is 12.1. The maximum absolute atomic E-state index is 13.8. The second-order valence-electron chi connectivity index (χ2n) is 4.84. The van der Waals surface area contributed by atoms with Crippen LogP contribution in [0.25, 0.3) is 0 Å². The summed E-state index contributed by atoms with van der Waals surface area (Å²) < 4.78 is 19.5. The zero-order valence-electron chi connectivity index (χ0n) is 12.0. The number of benzene rings is 2. The fourth-order valence-electron chi connectivity index (χ4n) is 2.16. The molecule has 0 saturated heterocycles. The van der Waals surface area contributed by atoms with E-state index >= 15 is 0 Å². The highest BCUT2D eigenvalue weighted by Gasteiger charge is 2.13. The second-order valence-corrected chi connectivity index (χ2v) is 5.25. The summed E-state index contributed by atoms with van der Waals surface area (Å²) in [5.74, 6) is 0.586. The lowest BCUT2D eigenvalue weighted by molar-refractivity contribution is 0.288. The van der Waals surface area contributed by atoms with E-state index in [9.17, 15) is 4.39 Å². The zero-order chi connectivity index (χ0) is 15.1. The highest BCUT2D eigenvalue weighted by atomic mass is 35.5. The first kappa shape index (κ1) is 15.8. The Balaban J connectivity index is 1.89. The number of likely N-dealkylation sites (N-methyl/N-ethyl adjacent to an activating group) is 1. The van der Waals surface area contributed by atoms with Gasteiger partial charge in [-0.2, -0.15) is 0 Å². The van der Waals surface area contributed by atoms with Crippen LogP contribution in [0.3, 0.4) is 0 Å². The van der Waals surface area contributed by atoms with Crippen LogP contribution in [-0.2, 0) is 6.42 Å². The molecule has 0 saturated carbocycles. The van der Waals surface area contributed by atoms with Gasteiger partial charge in [-0.05, 0) is 44.2 Å². The third kappa shape index (κ3) is 4.73. The Hall–Kier alpha value is -1.58. The zero-order valence-corrected chi connectivity index (χ0v) is 12.7. The summed E-state index contributed by atoms with van der Waals surface area (Å²) in [6.45, 7) is 0.571. The molecule has 112 valence electrons. The molecule has 2 aromatic carbocycles. The van der Waals surface area contributed by atoms with Crippen molar-refractivity contribution in [1.82, 2.24) is 5.32 Å². The van der Waals surface area contributed by atoms with Crippen molar-refractivity contribution in [2.75, 3.05) is 13.7 Å². The molecule has 2 nitrogen and oxygen atoms in total. The van der Waals surface area contributed by atoms with Gasteiger partial charge in [0.1, 0.15) is 11.6 Å². The third-order valence-corrected chi connectivity index (χ3v) is 3.75. The largest absolute Gasteiger partial charge is 0.494 e. The van der Waals surface area contributed by atoms with Crippen molar-refractivity contribution in [3.63, 3.8) is 0 Å². The molecule has 0 spiro atoms. The van der Waals surface area contributed by atoms with Gasteiger partial charge in [-0.15, -0.1) is 0 Å². The Morgan fingerprint density at radius 2 is 1.90 bits per heavy atom. The van der Waals surface area contributed by atoms with E-state index in [2.05, 4.69) is 5.32 Å². The van der Waals surface area contributed by atoms with Crippen molar-refractivity contribution in [3.8, 4) is 5.75 Å². The number of halogens is 2. The van der Waals surface area contributed by atoms with E-state index in [-0.39, 0.29) is 11.9 Å². The van der Waals surface area contributed by atoms with E-state index in [0.29, 0.717) is 23.6 Å². The van der Waals surface area contributed by atoms with Crippen LogP contribution < -0.4 is 10.1 Å². The first-order valence-electron chi connectivity index (χ1n) is 6.98. The van der Waals surface area contributed by atoms with E-state index < -0.39 is 0 Å². The number of ether oxygens (including phenoxy) is 1. The fraction of sp³-hybridized carbons (Fsp3) is 0.294. The van der Waals surface area contributed by atoms with Crippen molar-refractivity contribution in [3.05, 3.63) is 64.9 Å². The Labute approximate surface area is 129 Å². The molecule has 0 amide bonds. The summed E-state index contributed by atoms with van der Waals surface area (Å²) >= 11 is 6.06. The summed E-state index contributed by atoms with van der Waals surface area (Å²) in [6.07, 6.45) is 1.32. The van der Waals surface area contributed by atoms with Gasteiger partial charge in [-0.3, -0.25) is 0 Å². The Bertz CT molecular complexity index is 542. The van der Waals surface area contributed by atoms with Gasteiger partial charge in [-0.1, -0.05) is 35.9 Å². The minimum Gasteiger partial charge on any atom is -0.494 e. The molecule has 1 unspecified atom stereocenters. The summed E-state index contributed by atoms with van der Waals surface area (Å²) in [4.78, 5) is 0. The molecule has 0 heterocycles. The summed E-state index contributed by atoms with van der Waals surface area (Å²) in [5, 5.41) is 3.66. The van der Waals surface area contributed by atoms with Crippen molar-refractivity contribution < 1.29 is 9.13 Å². The topological polar surface area (TPSA) is 21.3 Å². The Kier molecular flexibility index (Phi) is 6.03. The minimum absolute atomic E-state index is 0.114. The SMILES string of the molecule is CNC(CCOc1ccccc1)Cc1c(F)cccc1Cl. The third-order valence-electron chi connectivity index (χ3n) is 3.40. The first-order valence-corrected chi connectivity index (χ1v) is 7.36. The molecule has 1 N–H and O–H groups in total. The summed E-state index contributed by atoms with van der Waals surface area (Å²) in [6, 6.07) is 14.5. The molecule has 0 aliphatic carbocycles. The molecule has 1 atom stereocenters. The van der Waals surface area contributed by atoms with Gasteiger partial charge < -0.3 is 10.1 Å². The van der Waals surface area contributed by atoms with Gasteiger partial charge in [0.2, 0.25) is 0 Å². The molecule has 0 aliphatic heterocycles. The molecule has 21 heavy (non-hydrogen) atoms. The van der Waals surface area contributed by atoms with Crippen LogP contribution in [0.1, 0.15) is 12.0 Å². The van der Waals surface area contributed by atoms with E-state index in [1.165, 1.54) is 6.07 Å². The van der Waals surface area contributed by atoms with Crippen LogP contribution in [0.5, 0.6) is 5.75 Å². The molecule has 2 aromatic rings. The van der Waals surface area contributed by atoms with Gasteiger partial charge in [0, 0.05) is 16.6 Å². The maximum atomic E-state index is 13.8. The van der Waals surface area contributed by atoms with Gasteiger partial charge in [0.25, 0.3) is 0 Å². The Morgan fingerprint density at radius 1 is 1.14 bits per heavy atom. The molecule has 0 radical (unpaired) electrons. The van der Waals surface area contributed by atoms with Crippen molar-refractivity contribution >= 4 is 11.6 Å². The quantitative estimate of drug-likeness (QED) is 0.832. The van der Waals surface area contributed by atoms with E-state index in [1.807, 2.05) is 37.4 Å². The lowest BCUT2D eigenvalue weighted by atomic mass is 10.0. The second kappa shape index (κ2) is 8.01. The van der Waals surface area contributed by atoms with Gasteiger partial charge in [0.15, 0.2) is 0 Å². The summed E-state index contributed by atoms with van der Waals surface area (Å²) in [7, 11) is 1.86. The van der Waals surface area contributed by atoms with Crippen LogP contribution >= 0.6 is 11.6 Å². The molecule has 0 aliphatic rings. The number of hydrogen-bond donors (Lipinski definition) is 1. The predicted molar refractivity (Wildman–Crippen MR) is 84.5 cm³/mol. The molecule has 0 aromatic heterocycles. The predicted octanol–water partition coefficient (Wildman–Crippen LogP) is 4.08. The first-order chi connectivity index (χ1) is 10.2. The molecule has 4 heteroatoms. The van der Waals surface area contributed by atoms with E-state index in [1.54, 1.807) is 12.1 Å². The monoisotopic (exact) mass is 307 g/mol. The Morgan fingerprint density at radius 3 is 2.57 bits per heavy atom. The average Bonchev–Trinajstić information content (AvgIpc) is 2.50. The number of hydrogen-bond acceptors (Lipinski definition) is 2. The molecule has 0 fully saturated rings. The van der Waals surface area contributed by atoms with Crippen molar-refractivity contribution in [2.45, 2.75) is 18.9 Å². The fourth-order valence-corrected chi connectivity index (χ4v) is 2.40. The number of para-hydroxylation sites is 1. The lowest BCUT2D eigenvalue weighted by Crippen LogP contribution is -2.30. The molecule has 0 bridgehead atoms. The minimum atomic E-state index is -0.258. The van der Waals surface area contributed by atoms with E-state index in [4.69, 9.17) is 16.3 Å². The van der Waals surface area contributed by atoms with Gasteiger partial charge in [0.05, 0.1) is 6.61 Å². The smallest absolute Gasteiger partial charge is 0.127 e.